The molecule has 0 aromatic heterocycles. The Morgan fingerprint density at radius 2 is 1.11 bits per heavy atom. The van der Waals surface area contributed by atoms with Gasteiger partial charge in [-0.2, -0.15) is 0 Å². The normalized spacial score (nSPS) is 15.9. The zero-order chi connectivity index (χ0) is 26.8. The molecule has 4 heteroatoms. The van der Waals surface area contributed by atoms with Crippen LogP contribution in [0.2, 0.25) is 0 Å². The second-order valence-electron chi connectivity index (χ2n) is 11.3. The average Bonchev–Trinajstić information content (AvgIpc) is 2.98. The van der Waals surface area contributed by atoms with Gasteiger partial charge in [0.1, 0.15) is 0 Å². The zero-order valence-corrected chi connectivity index (χ0v) is 24.7. The van der Waals surface area contributed by atoms with E-state index in [1.807, 2.05) is 0 Å². The molecule has 1 aliphatic heterocycles. The number of carbonyl (C=O) groups is 1. The first-order chi connectivity index (χ1) is 18.5. The predicted molar refractivity (Wildman–Crippen MR) is 167 cm³/mol. The first kappa shape index (κ1) is 28.5. The molecule has 1 aliphatic rings. The van der Waals surface area contributed by atoms with Crippen LogP contribution in [-0.2, 0) is 4.79 Å². The summed E-state index contributed by atoms with van der Waals surface area (Å²) in [6.07, 6.45) is 6.36. The van der Waals surface area contributed by atoms with E-state index in [9.17, 15) is 4.79 Å². The van der Waals surface area contributed by atoms with E-state index < -0.39 is 7.26 Å². The summed E-state index contributed by atoms with van der Waals surface area (Å²) in [4.78, 5) is 17.5. The molecule has 1 fully saturated rings. The van der Waals surface area contributed by atoms with E-state index in [4.69, 9.17) is 0 Å². The molecule has 3 aromatic carbocycles. The van der Waals surface area contributed by atoms with Crippen LogP contribution in [0, 0.1) is 5.92 Å². The van der Waals surface area contributed by atoms with E-state index in [0.29, 0.717) is 24.3 Å². The molecule has 3 nitrogen and oxygen atoms in total. The molecule has 0 spiro atoms. The molecular formula is C34H47N2OP. The second-order valence-corrected chi connectivity index (χ2v) is 15.4. The zero-order valence-electron chi connectivity index (χ0n) is 23.7. The first-order valence-electron chi connectivity index (χ1n) is 14.7. The quantitative estimate of drug-likeness (QED) is 0.217. The van der Waals surface area contributed by atoms with Crippen molar-refractivity contribution in [3.05, 3.63) is 91.0 Å². The Balaban J connectivity index is 1.34. The Morgan fingerprint density at radius 3 is 1.55 bits per heavy atom. The van der Waals surface area contributed by atoms with Crippen LogP contribution < -0.4 is 15.9 Å². The number of amides is 1. The number of nitrogens with zero attached hydrogens (tertiary/aromatic N) is 2. The van der Waals surface area contributed by atoms with Crippen molar-refractivity contribution >= 4 is 29.1 Å². The van der Waals surface area contributed by atoms with Gasteiger partial charge in [0, 0.05) is 0 Å². The molecule has 0 bridgehead atoms. The summed E-state index contributed by atoms with van der Waals surface area (Å²) in [6, 6.07) is 34.2. The molecule has 1 atom stereocenters. The van der Waals surface area contributed by atoms with E-state index in [2.05, 4.69) is 122 Å². The van der Waals surface area contributed by atoms with Crippen molar-refractivity contribution in [1.29, 1.82) is 0 Å². The van der Waals surface area contributed by atoms with Gasteiger partial charge in [0.25, 0.3) is 0 Å². The summed E-state index contributed by atoms with van der Waals surface area (Å²) in [6.45, 7) is 10.7. The summed E-state index contributed by atoms with van der Waals surface area (Å²) in [5.74, 6) is 1.01. The molecule has 3 aromatic rings. The van der Waals surface area contributed by atoms with Crippen molar-refractivity contribution < 1.29 is 4.79 Å². The Morgan fingerprint density at radius 1 is 0.658 bits per heavy atom. The van der Waals surface area contributed by atoms with Gasteiger partial charge in [-0.1, -0.05) is 13.8 Å². The number of benzene rings is 3. The van der Waals surface area contributed by atoms with Crippen molar-refractivity contribution in [3.8, 4) is 0 Å². The van der Waals surface area contributed by atoms with Crippen molar-refractivity contribution in [1.82, 2.24) is 9.80 Å². The van der Waals surface area contributed by atoms with Crippen LogP contribution >= 0.6 is 7.26 Å². The molecule has 4 rings (SSSR count). The predicted octanol–water partition coefficient (Wildman–Crippen LogP) is 5.85. The fraction of sp³-hybridized carbons (Fsp3) is 0.441. The van der Waals surface area contributed by atoms with Crippen LogP contribution in [-0.4, -0.2) is 54.1 Å². The van der Waals surface area contributed by atoms with Gasteiger partial charge in [0.2, 0.25) is 0 Å². The number of piperazine rings is 1. The Labute approximate surface area is 231 Å². The number of unbranched alkanes of at least 4 members (excludes halogenated alkanes) is 3. The third-order valence-electron chi connectivity index (χ3n) is 8.70. The summed E-state index contributed by atoms with van der Waals surface area (Å²) < 4.78 is 0. The number of hydrogen-bond acceptors (Lipinski definition) is 2. The molecular weight excluding hydrogens is 483 g/mol. The van der Waals surface area contributed by atoms with E-state index in [1.165, 1.54) is 34.9 Å². The van der Waals surface area contributed by atoms with E-state index >= 15 is 0 Å². The molecule has 0 saturated carbocycles. The summed E-state index contributed by atoms with van der Waals surface area (Å²) in [5, 5.41) is 4.45. The van der Waals surface area contributed by atoms with Gasteiger partial charge >= 0.3 is 205 Å². The van der Waals surface area contributed by atoms with Gasteiger partial charge in [-0.15, -0.1) is 0 Å². The summed E-state index contributed by atoms with van der Waals surface area (Å²) in [7, 11) is -2.14. The molecule has 0 N–H and O–H groups in total. The average molecular weight is 531 g/mol. The Kier molecular flexibility index (Phi) is 10.6. The Bertz CT molecular complexity index is 998. The third kappa shape index (κ3) is 6.93. The van der Waals surface area contributed by atoms with Crippen LogP contribution in [0.5, 0.6) is 0 Å². The van der Waals surface area contributed by atoms with Crippen molar-refractivity contribution in [3.63, 3.8) is 0 Å². The maximum absolute atomic E-state index is 12.9. The summed E-state index contributed by atoms with van der Waals surface area (Å²) in [5.41, 5.74) is 0. The standard InChI is InChI=1S/C34H47N2OP/c1-29(2)30(3)35-24-26-36(27-25-35)34(37)23-15-4-5-16-28-38(31-17-9-6-10-18-31,32-19-11-7-12-20-32)33-21-13-8-14-22-33/h6-14,17-22,29-30,38H,4-5,15-16,23-28H2,1-3H3/t30-/m1/s1. The monoisotopic (exact) mass is 530 g/mol. The maximum atomic E-state index is 12.9. The number of hydrogen-bond donors (Lipinski definition) is 0. The Hall–Kier alpha value is -2.48. The van der Waals surface area contributed by atoms with Gasteiger partial charge in [-0.25, -0.2) is 0 Å². The van der Waals surface area contributed by atoms with Crippen molar-refractivity contribution in [2.24, 2.45) is 5.92 Å². The molecule has 1 amide bonds. The number of rotatable bonds is 12. The van der Waals surface area contributed by atoms with Gasteiger partial charge in [0.15, 0.2) is 0 Å². The van der Waals surface area contributed by atoms with Crippen LogP contribution in [0.4, 0.5) is 0 Å². The summed E-state index contributed by atoms with van der Waals surface area (Å²) >= 11 is 0. The minimum atomic E-state index is -2.14. The fourth-order valence-corrected chi connectivity index (χ4v) is 11.0. The van der Waals surface area contributed by atoms with Gasteiger partial charge in [-0.05, 0) is 12.8 Å². The molecule has 204 valence electrons. The SMILES string of the molecule is CC(C)[C@@H](C)N1CCN(C(=O)CCCCCC[PH](c2ccccc2)(c2ccccc2)c2ccccc2)CC1. The van der Waals surface area contributed by atoms with Crippen molar-refractivity contribution in [2.75, 3.05) is 32.3 Å². The van der Waals surface area contributed by atoms with Crippen LogP contribution in [0.3, 0.4) is 0 Å². The van der Waals surface area contributed by atoms with Gasteiger partial charge < -0.3 is 0 Å². The van der Waals surface area contributed by atoms with E-state index in [1.54, 1.807) is 0 Å². The third-order valence-corrected chi connectivity index (χ3v) is 13.8. The molecule has 0 radical (unpaired) electrons. The number of carbonyl (C=O) groups excluding carboxylic acids is 1. The molecule has 38 heavy (non-hydrogen) atoms. The van der Waals surface area contributed by atoms with Gasteiger partial charge in [0.05, 0.1) is 0 Å². The fourth-order valence-electron chi connectivity index (χ4n) is 6.08. The van der Waals surface area contributed by atoms with E-state index in [0.717, 1.165) is 39.0 Å². The van der Waals surface area contributed by atoms with Crippen LogP contribution in [0.1, 0.15) is 52.9 Å². The van der Waals surface area contributed by atoms with Gasteiger partial charge in [-0.3, -0.25) is 0 Å². The molecule has 0 unspecified atom stereocenters. The van der Waals surface area contributed by atoms with Crippen LogP contribution in [0.25, 0.3) is 0 Å². The topological polar surface area (TPSA) is 23.6 Å². The minimum absolute atomic E-state index is 0.350. The molecule has 0 aliphatic carbocycles. The van der Waals surface area contributed by atoms with E-state index in [-0.39, 0.29) is 0 Å². The second kappa shape index (κ2) is 14.1. The van der Waals surface area contributed by atoms with Crippen LogP contribution in [0.15, 0.2) is 91.0 Å². The molecule has 1 heterocycles. The van der Waals surface area contributed by atoms with Crippen molar-refractivity contribution in [2.45, 2.75) is 58.9 Å². The first-order valence-corrected chi connectivity index (χ1v) is 16.9. The molecule has 1 saturated heterocycles.